The Morgan fingerprint density at radius 2 is 0.930 bits per heavy atom. The van der Waals surface area contributed by atoms with Crippen LogP contribution in [-0.2, 0) is 47.7 Å². The number of carbonyl (C=O) groups is 2. The minimum absolute atomic E-state index is 0.0792. The monoisotopic (exact) mass is 814 g/mol. The fraction of sp³-hybridized carbons (Fsp3) is 0.286. The van der Waals surface area contributed by atoms with Gasteiger partial charge in [-0.05, 0) is 47.9 Å². The molecule has 0 aliphatic carbocycles. The third-order valence-corrected chi connectivity index (χ3v) is 10.9. The molecule has 0 radical (unpaired) electrons. The number of rotatable bonds is 18. The number of nitrogens with zero attached hydrogens (tertiary/aromatic N) is 2. The molecule has 0 unspecified atom stereocenters. The number of amides is 2. The number of carbonyl (C=O) groups excluding carboxylic acids is 2. The fourth-order valence-corrected chi connectivity index (χ4v) is 7.63. The summed E-state index contributed by atoms with van der Waals surface area (Å²) in [5, 5.41) is 10.6. The molecule has 2 N–H and O–H groups in total. The Bertz CT molecular complexity index is 2360. The molecule has 0 fully saturated rings. The van der Waals surface area contributed by atoms with Crippen LogP contribution in [0.25, 0.3) is 32.3 Å². The quantitative estimate of drug-likeness (QED) is 0.0715. The topological polar surface area (TPSA) is 190 Å². The van der Waals surface area contributed by atoms with Crippen LogP contribution in [0, 0.1) is 0 Å². The zero-order valence-electron chi connectivity index (χ0n) is 31.4. The number of nitrogens with one attached hydrogen (secondary N) is 2. The Morgan fingerprint density at radius 3 is 1.33 bits per heavy atom. The van der Waals surface area contributed by atoms with E-state index in [9.17, 15) is 35.5 Å². The molecule has 4 aromatic carbocycles. The van der Waals surface area contributed by atoms with Gasteiger partial charge in [-0.3, -0.25) is 9.59 Å². The lowest BCUT2D eigenvalue weighted by Crippen LogP contribution is -2.34. The second kappa shape index (κ2) is 20.7. The molecule has 2 aromatic heterocycles. The second-order valence-electron chi connectivity index (χ2n) is 13.4. The summed E-state index contributed by atoms with van der Waals surface area (Å²) in [6.45, 7) is 4.08. The molecule has 0 aliphatic heterocycles. The van der Waals surface area contributed by atoms with E-state index in [1.807, 2.05) is 24.3 Å². The predicted molar refractivity (Wildman–Crippen MR) is 213 cm³/mol. The first-order chi connectivity index (χ1) is 27.4. The Labute approximate surface area is 332 Å². The second-order valence-corrected chi connectivity index (χ2v) is 16.1. The van der Waals surface area contributed by atoms with E-state index in [2.05, 4.69) is 81.0 Å². The van der Waals surface area contributed by atoms with Crippen molar-refractivity contribution in [2.45, 2.75) is 61.4 Å². The lowest BCUT2D eigenvalue weighted by molar-refractivity contribution is -0.696. The smallest absolute Gasteiger partial charge is 0.220 e. The highest BCUT2D eigenvalue weighted by atomic mass is 32.2. The van der Waals surface area contributed by atoms with Crippen molar-refractivity contribution in [1.29, 1.82) is 0 Å². The van der Waals surface area contributed by atoms with Gasteiger partial charge in [-0.25, -0.2) is 26.0 Å². The number of pyridine rings is 2. The lowest BCUT2D eigenvalue weighted by atomic mass is 10.1. The predicted octanol–water partition coefficient (Wildman–Crippen LogP) is 4.51. The number of aryl methyl sites for hydroxylation is 2. The van der Waals surface area contributed by atoms with E-state index < -0.39 is 30.0 Å². The number of aromatic nitrogens is 2. The molecule has 2 heterocycles. The first-order valence-electron chi connectivity index (χ1n) is 18.7. The molecule has 2 amide bonds. The fourth-order valence-electron chi connectivity index (χ4n) is 6.25. The summed E-state index contributed by atoms with van der Waals surface area (Å²) in [7, 11) is -9.48. The van der Waals surface area contributed by atoms with Gasteiger partial charge in [-0.15, -0.1) is 0 Å². The summed E-state index contributed by atoms with van der Waals surface area (Å²) in [6, 6.07) is 27.9. The first kappa shape index (κ1) is 42.8. The molecule has 6 aromatic rings. The molecule has 0 atom stereocenters. The van der Waals surface area contributed by atoms with E-state index in [1.54, 1.807) is 0 Å². The van der Waals surface area contributed by atoms with Gasteiger partial charge in [-0.2, -0.15) is 0 Å². The Morgan fingerprint density at radius 1 is 0.526 bits per heavy atom. The summed E-state index contributed by atoms with van der Waals surface area (Å²) >= 11 is 0. The van der Waals surface area contributed by atoms with Crippen LogP contribution in [-0.4, -0.2) is 64.1 Å². The van der Waals surface area contributed by atoms with Crippen molar-refractivity contribution in [3.63, 3.8) is 0 Å². The number of benzene rings is 4. The average Bonchev–Trinajstić information content (AvgIpc) is 3.19. The van der Waals surface area contributed by atoms with Crippen LogP contribution in [0.1, 0.15) is 38.5 Å². The highest BCUT2D eigenvalue weighted by Crippen LogP contribution is 2.28. The zero-order chi connectivity index (χ0) is 40.7. The molecule has 0 spiro atoms. The van der Waals surface area contributed by atoms with Gasteiger partial charge in [0.25, 0.3) is 0 Å². The largest absolute Gasteiger partial charge is 0.744 e. The summed E-state index contributed by atoms with van der Waals surface area (Å²) in [6.07, 6.45) is 12.6. The molecule has 300 valence electrons. The van der Waals surface area contributed by atoms with Crippen LogP contribution in [0.5, 0.6) is 0 Å². The van der Waals surface area contributed by atoms with Crippen LogP contribution in [0.15, 0.2) is 132 Å². The summed E-state index contributed by atoms with van der Waals surface area (Å²) in [5.74, 6) is 0.163. The molecule has 13 nitrogen and oxygen atoms in total. The van der Waals surface area contributed by atoms with Gasteiger partial charge < -0.3 is 24.5 Å². The SMILES string of the molecule is O=C(CCC[n+]1ccc2ccccc2c1)NCCCOCCCNC(=O)CCC[n+]1ccc2ccccc2c1.O=S(=O)([O-])c1cccc2c(S(=O)(=O)[O-])cccc12. The van der Waals surface area contributed by atoms with Gasteiger partial charge in [0.1, 0.15) is 33.3 Å². The molecule has 15 heteroatoms. The number of fused-ring (bicyclic) bond motifs is 3. The van der Waals surface area contributed by atoms with Gasteiger partial charge in [0.15, 0.2) is 24.8 Å². The van der Waals surface area contributed by atoms with Crippen LogP contribution in [0.3, 0.4) is 0 Å². The standard InChI is InChI=1S/C32H38N4O3.C10H8O6S2/c37-31(13-5-19-35-21-15-27-9-1-3-11-29(27)25-35)33-17-7-23-39-24-8-18-34-32(38)14-6-20-36-22-16-28-10-2-4-12-30(28)26-36;11-17(12,13)9-5-1-3-7-8(9)4-2-6-10(7)18(14,15)16/h1-4,9-12,15-16,21-22,25-26H,5-8,13-14,17-20,23-24H2;1-6H,(H,11,12,13)(H,14,15,16). The van der Waals surface area contributed by atoms with Gasteiger partial charge in [0, 0.05) is 85.7 Å². The van der Waals surface area contributed by atoms with Crippen LogP contribution < -0.4 is 19.8 Å². The molecule has 0 aliphatic rings. The lowest BCUT2D eigenvalue weighted by Gasteiger charge is -2.14. The minimum atomic E-state index is -4.74. The maximum Gasteiger partial charge on any atom is 0.220 e. The first-order valence-corrected chi connectivity index (χ1v) is 21.5. The zero-order valence-corrected chi connectivity index (χ0v) is 33.1. The Hall–Kier alpha value is -5.32. The third-order valence-electron chi connectivity index (χ3n) is 9.09. The maximum atomic E-state index is 12.1. The molecular formula is C42H46N4O9S2. The maximum absolute atomic E-state index is 12.1. The van der Waals surface area contributed by atoms with Crippen LogP contribution in [0.4, 0.5) is 0 Å². The van der Waals surface area contributed by atoms with Crippen molar-refractivity contribution in [2.24, 2.45) is 0 Å². The van der Waals surface area contributed by atoms with Crippen molar-refractivity contribution in [2.75, 3.05) is 26.3 Å². The van der Waals surface area contributed by atoms with Crippen molar-refractivity contribution >= 4 is 64.4 Å². The van der Waals surface area contributed by atoms with Crippen molar-refractivity contribution < 1.29 is 49.4 Å². The van der Waals surface area contributed by atoms with E-state index in [-0.39, 0.29) is 22.6 Å². The summed E-state index contributed by atoms with van der Waals surface area (Å²) < 4.78 is 76.1. The van der Waals surface area contributed by atoms with E-state index >= 15 is 0 Å². The van der Waals surface area contributed by atoms with E-state index in [0.29, 0.717) is 39.1 Å². The molecule has 0 saturated heterocycles. The van der Waals surface area contributed by atoms with Gasteiger partial charge >= 0.3 is 0 Å². The molecular weight excluding hydrogens is 769 g/mol. The molecule has 0 saturated carbocycles. The number of hydrogen-bond acceptors (Lipinski definition) is 9. The number of hydrogen-bond donors (Lipinski definition) is 2. The summed E-state index contributed by atoms with van der Waals surface area (Å²) in [4.78, 5) is 23.1. The normalized spacial score (nSPS) is 11.6. The van der Waals surface area contributed by atoms with Crippen molar-refractivity contribution in [3.8, 4) is 0 Å². The van der Waals surface area contributed by atoms with E-state index in [4.69, 9.17) is 4.74 Å². The number of ether oxygens (including phenoxy) is 1. The third kappa shape index (κ3) is 13.4. The Balaban J connectivity index is 0.000000287. The van der Waals surface area contributed by atoms with Crippen LogP contribution in [0.2, 0.25) is 0 Å². The molecule has 57 heavy (non-hydrogen) atoms. The average molecular weight is 815 g/mol. The highest BCUT2D eigenvalue weighted by Gasteiger charge is 2.13. The van der Waals surface area contributed by atoms with E-state index in [0.717, 1.165) is 50.9 Å². The van der Waals surface area contributed by atoms with Gasteiger partial charge in [-0.1, -0.05) is 60.7 Å². The van der Waals surface area contributed by atoms with Gasteiger partial charge in [0.2, 0.25) is 11.8 Å². The molecule has 0 bridgehead atoms. The Kier molecular flexibility index (Phi) is 15.6. The highest BCUT2D eigenvalue weighted by molar-refractivity contribution is 7.86. The summed E-state index contributed by atoms with van der Waals surface area (Å²) in [5.41, 5.74) is 0. The van der Waals surface area contributed by atoms with Crippen molar-refractivity contribution in [3.05, 3.63) is 122 Å². The van der Waals surface area contributed by atoms with Gasteiger partial charge in [0.05, 0.1) is 9.79 Å². The minimum Gasteiger partial charge on any atom is -0.744 e. The van der Waals surface area contributed by atoms with Crippen molar-refractivity contribution in [1.82, 2.24) is 10.6 Å². The van der Waals surface area contributed by atoms with Crippen LogP contribution >= 0.6 is 0 Å². The molecule has 6 rings (SSSR count). The van der Waals surface area contributed by atoms with E-state index in [1.165, 1.54) is 45.8 Å².